The van der Waals surface area contributed by atoms with Crippen molar-refractivity contribution in [2.45, 2.75) is 46.6 Å². The van der Waals surface area contributed by atoms with E-state index in [-0.39, 0.29) is 41.1 Å². The number of halogens is 1. The van der Waals surface area contributed by atoms with E-state index < -0.39 is 27.8 Å². The molecule has 0 atom stereocenters. The predicted molar refractivity (Wildman–Crippen MR) is 120 cm³/mol. The van der Waals surface area contributed by atoms with Crippen LogP contribution in [0.15, 0.2) is 27.8 Å². The molecule has 0 saturated carbocycles. The minimum absolute atomic E-state index is 0.0789. The first-order valence-electron chi connectivity index (χ1n) is 9.96. The van der Waals surface area contributed by atoms with Crippen LogP contribution in [0.4, 0.5) is 17.2 Å². The van der Waals surface area contributed by atoms with Gasteiger partial charge >= 0.3 is 5.69 Å². The summed E-state index contributed by atoms with van der Waals surface area (Å²) in [6.07, 6.45) is 1.92. The number of nitrogens with one attached hydrogen (secondary N) is 1. The van der Waals surface area contributed by atoms with Crippen molar-refractivity contribution in [1.82, 2.24) is 9.55 Å². The minimum atomic E-state index is -0.830. The van der Waals surface area contributed by atoms with Gasteiger partial charge in [0.25, 0.3) is 17.2 Å². The molecule has 1 amide bonds. The lowest BCUT2D eigenvalue weighted by atomic mass is 10.1. The van der Waals surface area contributed by atoms with Crippen molar-refractivity contribution in [2.75, 3.05) is 17.2 Å². The van der Waals surface area contributed by atoms with Crippen molar-refractivity contribution >= 4 is 34.7 Å². The molecule has 0 saturated heterocycles. The SMILES string of the molecule is CCCCn1c(N)c(N(CCC(C)C)C(=O)c2ccc(Cl)cc2[N+](=O)[O-])c(=O)[nH]c1=O. The summed E-state index contributed by atoms with van der Waals surface area (Å²) in [5.41, 5.74) is 3.74. The zero-order valence-corrected chi connectivity index (χ0v) is 18.4. The fourth-order valence-electron chi connectivity index (χ4n) is 3.06. The lowest BCUT2D eigenvalue weighted by Gasteiger charge is -2.25. The Labute approximate surface area is 183 Å². The number of H-pyrrole nitrogens is 1. The van der Waals surface area contributed by atoms with Crippen molar-refractivity contribution in [3.05, 3.63) is 59.7 Å². The molecule has 31 heavy (non-hydrogen) atoms. The van der Waals surface area contributed by atoms with E-state index in [2.05, 4.69) is 4.98 Å². The first kappa shape index (κ1) is 24.1. The van der Waals surface area contributed by atoms with Gasteiger partial charge in [-0.15, -0.1) is 0 Å². The van der Waals surface area contributed by atoms with Gasteiger partial charge in [0, 0.05) is 24.2 Å². The highest BCUT2D eigenvalue weighted by molar-refractivity contribution is 6.31. The van der Waals surface area contributed by atoms with E-state index in [1.54, 1.807) is 0 Å². The molecule has 11 heteroatoms. The fraction of sp³-hybridized carbons (Fsp3) is 0.450. The topological polar surface area (TPSA) is 144 Å². The van der Waals surface area contributed by atoms with Crippen LogP contribution in [0.25, 0.3) is 0 Å². The number of nitrogens with zero attached hydrogens (tertiary/aromatic N) is 3. The van der Waals surface area contributed by atoms with Gasteiger partial charge < -0.3 is 10.6 Å². The van der Waals surface area contributed by atoms with Crippen molar-refractivity contribution in [3.63, 3.8) is 0 Å². The standard InChI is InChI=1S/C20H26ClN5O5/c1-4-5-9-25-17(22)16(18(27)23-20(25)29)24(10-8-12(2)3)19(28)14-7-6-13(21)11-15(14)26(30)31/h6-7,11-12H,4-5,8-10,22H2,1-3H3,(H,23,27,29). The number of anilines is 2. The first-order chi connectivity index (χ1) is 14.6. The number of carbonyl (C=O) groups is 1. The Morgan fingerprint density at radius 1 is 1.35 bits per heavy atom. The second-order valence-corrected chi connectivity index (χ2v) is 7.99. The molecule has 0 aliphatic carbocycles. The summed E-state index contributed by atoms with van der Waals surface area (Å²) < 4.78 is 1.20. The zero-order chi connectivity index (χ0) is 23.3. The number of benzene rings is 1. The number of nitrogen functional groups attached to an aromatic ring is 1. The van der Waals surface area contributed by atoms with Gasteiger partial charge in [0.2, 0.25) is 0 Å². The molecule has 0 aliphatic rings. The van der Waals surface area contributed by atoms with Gasteiger partial charge in [0.15, 0.2) is 5.69 Å². The Kier molecular flexibility index (Phi) is 7.98. The molecule has 0 spiro atoms. The maximum absolute atomic E-state index is 13.4. The molecule has 0 radical (unpaired) electrons. The van der Waals surface area contributed by atoms with Gasteiger partial charge in [-0.05, 0) is 30.9 Å². The number of nitro groups is 1. The number of aromatic nitrogens is 2. The third-order valence-electron chi connectivity index (χ3n) is 4.78. The maximum atomic E-state index is 13.4. The van der Waals surface area contributed by atoms with Crippen LogP contribution in [-0.2, 0) is 6.54 Å². The van der Waals surface area contributed by atoms with Crippen LogP contribution in [-0.4, -0.2) is 26.9 Å². The van der Waals surface area contributed by atoms with Crippen LogP contribution >= 0.6 is 11.6 Å². The Hall–Kier alpha value is -3.14. The zero-order valence-electron chi connectivity index (χ0n) is 17.7. The maximum Gasteiger partial charge on any atom is 0.330 e. The number of rotatable bonds is 9. The largest absolute Gasteiger partial charge is 0.383 e. The molecule has 1 aromatic carbocycles. The summed E-state index contributed by atoms with van der Waals surface area (Å²) in [5, 5.41) is 11.6. The summed E-state index contributed by atoms with van der Waals surface area (Å²) in [4.78, 5) is 52.4. The number of unbranched alkanes of at least 4 members (excludes halogenated alkanes) is 1. The first-order valence-corrected chi connectivity index (χ1v) is 10.3. The Morgan fingerprint density at radius 3 is 2.61 bits per heavy atom. The van der Waals surface area contributed by atoms with Gasteiger partial charge in [0.05, 0.1) is 4.92 Å². The molecule has 3 N–H and O–H groups in total. The monoisotopic (exact) mass is 451 g/mol. The Morgan fingerprint density at radius 2 is 2.03 bits per heavy atom. The molecular formula is C20H26ClN5O5. The summed E-state index contributed by atoms with van der Waals surface area (Å²) >= 11 is 5.86. The van der Waals surface area contributed by atoms with Gasteiger partial charge in [-0.25, -0.2) is 4.79 Å². The third-order valence-corrected chi connectivity index (χ3v) is 5.02. The number of aromatic amines is 1. The molecule has 2 rings (SSSR count). The molecule has 2 aromatic rings. The molecule has 1 heterocycles. The van der Waals surface area contributed by atoms with E-state index in [4.69, 9.17) is 17.3 Å². The molecule has 10 nitrogen and oxygen atoms in total. The van der Waals surface area contributed by atoms with Crippen LogP contribution in [0.2, 0.25) is 5.02 Å². The van der Waals surface area contributed by atoms with Crippen molar-refractivity contribution < 1.29 is 9.72 Å². The summed E-state index contributed by atoms with van der Waals surface area (Å²) in [6.45, 7) is 6.14. The molecule has 0 fully saturated rings. The highest BCUT2D eigenvalue weighted by atomic mass is 35.5. The van der Waals surface area contributed by atoms with E-state index in [0.29, 0.717) is 12.8 Å². The molecule has 168 valence electrons. The van der Waals surface area contributed by atoms with E-state index in [9.17, 15) is 24.5 Å². The summed E-state index contributed by atoms with van der Waals surface area (Å²) in [7, 11) is 0. The van der Waals surface area contributed by atoms with Crippen LogP contribution in [0.5, 0.6) is 0 Å². The molecule has 0 unspecified atom stereocenters. The van der Waals surface area contributed by atoms with Crippen molar-refractivity contribution in [1.29, 1.82) is 0 Å². The molecule has 0 bridgehead atoms. The Balaban J connectivity index is 2.69. The van der Waals surface area contributed by atoms with E-state index in [1.807, 2.05) is 20.8 Å². The quantitative estimate of drug-likeness (QED) is 0.442. The molecule has 0 aliphatic heterocycles. The summed E-state index contributed by atoms with van der Waals surface area (Å²) in [5.74, 6) is -0.764. The van der Waals surface area contributed by atoms with Gasteiger partial charge in [-0.1, -0.05) is 38.8 Å². The molecular weight excluding hydrogens is 426 g/mol. The molecule has 1 aromatic heterocycles. The average Bonchev–Trinajstić information content (AvgIpc) is 2.69. The Bertz CT molecular complexity index is 1090. The van der Waals surface area contributed by atoms with Crippen LogP contribution in [0, 0.1) is 16.0 Å². The van der Waals surface area contributed by atoms with E-state index >= 15 is 0 Å². The second-order valence-electron chi connectivity index (χ2n) is 7.56. The van der Waals surface area contributed by atoms with E-state index in [0.717, 1.165) is 17.4 Å². The van der Waals surface area contributed by atoms with Crippen LogP contribution in [0.1, 0.15) is 50.4 Å². The van der Waals surface area contributed by atoms with Gasteiger partial charge in [-0.3, -0.25) is 29.3 Å². The second kappa shape index (κ2) is 10.3. The lowest BCUT2D eigenvalue weighted by Crippen LogP contribution is -2.42. The third kappa shape index (κ3) is 5.52. The number of nitro benzene ring substituents is 1. The number of carbonyl (C=O) groups excluding carboxylic acids is 1. The number of hydrogen-bond acceptors (Lipinski definition) is 6. The normalized spacial score (nSPS) is 11.0. The summed E-state index contributed by atoms with van der Waals surface area (Å²) in [6, 6.07) is 3.67. The van der Waals surface area contributed by atoms with Gasteiger partial charge in [0.1, 0.15) is 11.4 Å². The van der Waals surface area contributed by atoms with Crippen LogP contribution in [0.3, 0.4) is 0 Å². The average molecular weight is 452 g/mol. The predicted octanol–water partition coefficient (Wildman–Crippen LogP) is 3.17. The number of amides is 1. The number of hydrogen-bond donors (Lipinski definition) is 2. The highest BCUT2D eigenvalue weighted by Crippen LogP contribution is 2.27. The smallest absolute Gasteiger partial charge is 0.330 e. The van der Waals surface area contributed by atoms with Crippen molar-refractivity contribution in [3.8, 4) is 0 Å². The van der Waals surface area contributed by atoms with Crippen LogP contribution < -0.4 is 21.9 Å². The highest BCUT2D eigenvalue weighted by Gasteiger charge is 2.30. The lowest BCUT2D eigenvalue weighted by molar-refractivity contribution is -0.385. The fourth-order valence-corrected chi connectivity index (χ4v) is 3.23. The van der Waals surface area contributed by atoms with Gasteiger partial charge in [-0.2, -0.15) is 0 Å². The van der Waals surface area contributed by atoms with E-state index in [1.165, 1.54) is 16.7 Å². The minimum Gasteiger partial charge on any atom is -0.383 e. The van der Waals surface area contributed by atoms with Crippen molar-refractivity contribution in [2.24, 2.45) is 5.92 Å². The number of nitrogens with two attached hydrogens (primary N) is 1.